The van der Waals surface area contributed by atoms with Crippen LogP contribution in [-0.4, -0.2) is 4.98 Å². The summed E-state index contributed by atoms with van der Waals surface area (Å²) in [5, 5.41) is 7.69. The predicted octanol–water partition coefficient (Wildman–Crippen LogP) is 15.6. The van der Waals surface area contributed by atoms with E-state index in [1.807, 2.05) is 0 Å². The Morgan fingerprint density at radius 3 is 1.36 bits per heavy atom. The third-order valence-electron chi connectivity index (χ3n) is 13.5. The average molecular weight is 772 g/mol. The van der Waals surface area contributed by atoms with E-state index in [9.17, 15) is 0 Å². The van der Waals surface area contributed by atoms with E-state index in [0.29, 0.717) is 0 Å². The summed E-state index contributed by atoms with van der Waals surface area (Å²) in [6.45, 7) is 0. The van der Waals surface area contributed by atoms with Crippen molar-refractivity contribution < 1.29 is 0 Å². The van der Waals surface area contributed by atoms with Crippen molar-refractivity contribution in [2.24, 2.45) is 0 Å². The first-order valence-corrected chi connectivity index (χ1v) is 21.2. The summed E-state index contributed by atoms with van der Waals surface area (Å²) in [6, 6.07) is 82.8. The van der Waals surface area contributed by atoms with E-state index in [4.69, 9.17) is 4.98 Å². The highest BCUT2D eigenvalue weighted by Gasteiger charge is 2.52. The fourth-order valence-corrected chi connectivity index (χ4v) is 10.9. The van der Waals surface area contributed by atoms with E-state index in [1.165, 1.54) is 93.5 Å². The van der Waals surface area contributed by atoms with Gasteiger partial charge in [0.1, 0.15) is 0 Å². The molecule has 0 unspecified atom stereocenters. The highest BCUT2D eigenvalue weighted by atomic mass is 14.7. The molecule has 10 aromatic carbocycles. The van der Waals surface area contributed by atoms with E-state index in [2.05, 4.69) is 224 Å². The molecular weight excluding hydrogens is 735 g/mol. The quantitative estimate of drug-likeness (QED) is 0.162. The molecule has 0 saturated carbocycles. The van der Waals surface area contributed by atoms with Gasteiger partial charge in [-0.2, -0.15) is 0 Å². The lowest BCUT2D eigenvalue weighted by atomic mass is 9.70. The summed E-state index contributed by atoms with van der Waals surface area (Å²) in [4.78, 5) is 5.43. The van der Waals surface area contributed by atoms with E-state index >= 15 is 0 Å². The van der Waals surface area contributed by atoms with Crippen molar-refractivity contribution in [1.29, 1.82) is 0 Å². The van der Waals surface area contributed by atoms with Gasteiger partial charge in [-0.25, -0.2) is 4.98 Å². The lowest BCUT2D eigenvalue weighted by molar-refractivity contribution is 0.794. The molecule has 2 aliphatic rings. The summed E-state index contributed by atoms with van der Waals surface area (Å²) in [5.74, 6) is 0. The number of hydrogen-bond donors (Lipinski definition) is 0. The van der Waals surface area contributed by atoms with Crippen LogP contribution in [-0.2, 0) is 5.41 Å². The smallest absolute Gasteiger partial charge is 0.0725 e. The first-order valence-electron chi connectivity index (χ1n) is 21.2. The fourth-order valence-electron chi connectivity index (χ4n) is 10.9. The van der Waals surface area contributed by atoms with Crippen LogP contribution in [0.5, 0.6) is 0 Å². The van der Waals surface area contributed by atoms with E-state index in [1.54, 1.807) is 0 Å². The summed E-state index contributed by atoms with van der Waals surface area (Å²) in [6.07, 6.45) is 0. The maximum Gasteiger partial charge on any atom is 0.0725 e. The van der Waals surface area contributed by atoms with Crippen LogP contribution in [0.1, 0.15) is 22.3 Å². The van der Waals surface area contributed by atoms with Crippen molar-refractivity contribution in [1.82, 2.24) is 4.98 Å². The summed E-state index contributed by atoms with van der Waals surface area (Å²) in [7, 11) is 0. The maximum atomic E-state index is 5.43. The largest absolute Gasteiger partial charge is 0.248 e. The van der Waals surface area contributed by atoms with Gasteiger partial charge in [0.2, 0.25) is 0 Å². The Morgan fingerprint density at radius 1 is 0.246 bits per heavy atom. The molecule has 282 valence electrons. The van der Waals surface area contributed by atoms with Crippen molar-refractivity contribution in [2.75, 3.05) is 0 Å². The summed E-state index contributed by atoms with van der Waals surface area (Å²) in [5.41, 5.74) is 19.0. The first-order chi connectivity index (χ1) is 30.3. The van der Waals surface area contributed by atoms with Crippen LogP contribution in [0, 0.1) is 0 Å². The molecule has 13 rings (SSSR count). The molecular formula is C60H37N. The molecule has 1 spiro atoms. The normalized spacial score (nSPS) is 13.0. The van der Waals surface area contributed by atoms with Crippen LogP contribution in [0.4, 0.5) is 0 Å². The van der Waals surface area contributed by atoms with Crippen molar-refractivity contribution in [2.45, 2.75) is 5.41 Å². The Kier molecular flexibility index (Phi) is 7.29. The second kappa shape index (κ2) is 13.1. The van der Waals surface area contributed by atoms with Gasteiger partial charge in [0, 0.05) is 11.1 Å². The molecule has 0 atom stereocenters. The van der Waals surface area contributed by atoms with Gasteiger partial charge in [0.25, 0.3) is 0 Å². The Hall–Kier alpha value is -7.87. The Labute approximate surface area is 354 Å². The van der Waals surface area contributed by atoms with Crippen molar-refractivity contribution in [3.63, 3.8) is 0 Å². The molecule has 1 heterocycles. The van der Waals surface area contributed by atoms with Crippen molar-refractivity contribution in [3.05, 3.63) is 247 Å². The van der Waals surface area contributed by atoms with Gasteiger partial charge < -0.3 is 0 Å². The number of pyridine rings is 1. The number of aromatic nitrogens is 1. The van der Waals surface area contributed by atoms with E-state index in [-0.39, 0.29) is 0 Å². The molecule has 0 amide bonds. The molecule has 1 nitrogen and oxygen atoms in total. The first kappa shape index (κ1) is 34.0. The SMILES string of the molecule is c1ccc(-c2cc(-c3cccc4c3-c3ccccc3C43c4ccccc4-c4ccccc43)cc(-c3cccc(-c4ccc5c6ccccc6c6ccccc6c5c4)c3)n2)cc1. The third-order valence-corrected chi connectivity index (χ3v) is 13.5. The zero-order valence-electron chi connectivity index (χ0n) is 33.3. The lowest BCUT2D eigenvalue weighted by Gasteiger charge is -2.30. The van der Waals surface area contributed by atoms with Crippen LogP contribution in [0.15, 0.2) is 224 Å². The molecule has 0 bridgehead atoms. The highest BCUT2D eigenvalue weighted by molar-refractivity contribution is 6.25. The van der Waals surface area contributed by atoms with E-state index in [0.717, 1.165) is 28.1 Å². The number of rotatable bonds is 4. The number of fused-ring (bicyclic) bond motifs is 16. The second-order valence-electron chi connectivity index (χ2n) is 16.5. The number of hydrogen-bond acceptors (Lipinski definition) is 1. The van der Waals surface area contributed by atoms with Gasteiger partial charge in [-0.05, 0) is 123 Å². The minimum atomic E-state index is -0.404. The topological polar surface area (TPSA) is 12.9 Å². The molecule has 0 saturated heterocycles. The Bertz CT molecular complexity index is 3510. The average Bonchev–Trinajstić information content (AvgIpc) is 3.82. The molecule has 11 aromatic rings. The molecule has 61 heavy (non-hydrogen) atoms. The zero-order chi connectivity index (χ0) is 40.1. The van der Waals surface area contributed by atoms with E-state index < -0.39 is 5.41 Å². The number of benzene rings is 10. The number of nitrogens with zero attached hydrogens (tertiary/aromatic N) is 1. The molecule has 2 aliphatic carbocycles. The van der Waals surface area contributed by atoms with Crippen LogP contribution >= 0.6 is 0 Å². The van der Waals surface area contributed by atoms with Crippen molar-refractivity contribution in [3.8, 4) is 67.0 Å². The summed E-state index contributed by atoms with van der Waals surface area (Å²) < 4.78 is 0. The van der Waals surface area contributed by atoms with Crippen LogP contribution in [0.2, 0.25) is 0 Å². The maximum absolute atomic E-state index is 5.43. The third kappa shape index (κ3) is 4.86. The molecule has 0 fully saturated rings. The van der Waals surface area contributed by atoms with Crippen LogP contribution in [0.25, 0.3) is 99.3 Å². The van der Waals surface area contributed by atoms with Crippen molar-refractivity contribution >= 4 is 32.3 Å². The molecule has 0 radical (unpaired) electrons. The molecule has 1 heteroatoms. The highest BCUT2D eigenvalue weighted by Crippen LogP contribution is 2.64. The monoisotopic (exact) mass is 771 g/mol. The van der Waals surface area contributed by atoms with Gasteiger partial charge in [0.05, 0.1) is 16.8 Å². The van der Waals surface area contributed by atoms with Gasteiger partial charge in [-0.15, -0.1) is 0 Å². The van der Waals surface area contributed by atoms with Gasteiger partial charge in [0.15, 0.2) is 0 Å². The molecule has 1 aromatic heterocycles. The molecule has 0 aliphatic heterocycles. The fraction of sp³-hybridized carbons (Fsp3) is 0.0167. The standard InChI is InChI=1S/C60H37N/c1-2-16-38(17-3-1)57-36-42(43-27-15-31-56-59(43)51-26-10-13-30-55(51)60(56)53-28-11-8-24-49(53)50-25-9-12-29-54(50)60)37-58(61-57)41-19-14-18-39(34-41)40-32-33-48-46-22-5-4-20-44(46)45-21-6-7-23-47(45)52(48)35-40/h1-37H. The molecule has 0 N–H and O–H groups in total. The Balaban J connectivity index is 1.01. The minimum Gasteiger partial charge on any atom is -0.248 e. The predicted molar refractivity (Wildman–Crippen MR) is 255 cm³/mol. The zero-order valence-corrected chi connectivity index (χ0v) is 33.3. The lowest BCUT2D eigenvalue weighted by Crippen LogP contribution is -2.25. The Morgan fingerprint density at radius 2 is 0.689 bits per heavy atom. The van der Waals surface area contributed by atoms with Crippen LogP contribution < -0.4 is 0 Å². The van der Waals surface area contributed by atoms with Gasteiger partial charge in [-0.1, -0.05) is 200 Å². The van der Waals surface area contributed by atoms with Crippen LogP contribution in [0.3, 0.4) is 0 Å². The summed E-state index contributed by atoms with van der Waals surface area (Å²) >= 11 is 0. The van der Waals surface area contributed by atoms with Gasteiger partial charge in [-0.3, -0.25) is 0 Å². The van der Waals surface area contributed by atoms with Gasteiger partial charge >= 0.3 is 0 Å². The second-order valence-corrected chi connectivity index (χ2v) is 16.5. The minimum absolute atomic E-state index is 0.404.